The topological polar surface area (TPSA) is 0 Å². The van der Waals surface area contributed by atoms with E-state index in [1.54, 1.807) is 0 Å². The minimum absolute atomic E-state index is 0.777. The van der Waals surface area contributed by atoms with Gasteiger partial charge in [-0.2, -0.15) is 0 Å². The molecule has 0 fully saturated rings. The highest BCUT2D eigenvalue weighted by atomic mass is 79.9. The first kappa shape index (κ1) is 10.8. The standard InChI is InChI=1S/C11H12BrCl/c1-8(2)3-4-9-5-6-10(12)11(13)7-9/h3,5-7H,4H2,1-2H3. The van der Waals surface area contributed by atoms with Crippen LogP contribution >= 0.6 is 27.5 Å². The molecular formula is C11H12BrCl. The van der Waals surface area contributed by atoms with E-state index >= 15 is 0 Å². The van der Waals surface area contributed by atoms with Crippen LogP contribution in [0.2, 0.25) is 5.02 Å². The van der Waals surface area contributed by atoms with Crippen LogP contribution < -0.4 is 0 Å². The van der Waals surface area contributed by atoms with Crippen LogP contribution in [0.5, 0.6) is 0 Å². The van der Waals surface area contributed by atoms with Gasteiger partial charge in [0.1, 0.15) is 0 Å². The fourth-order valence-electron chi connectivity index (χ4n) is 0.989. The van der Waals surface area contributed by atoms with Crippen LogP contribution in [0.4, 0.5) is 0 Å². The van der Waals surface area contributed by atoms with Gasteiger partial charge in [-0.3, -0.25) is 0 Å². The zero-order valence-corrected chi connectivity index (χ0v) is 10.1. The van der Waals surface area contributed by atoms with Crippen LogP contribution in [-0.4, -0.2) is 0 Å². The highest BCUT2D eigenvalue weighted by Crippen LogP contribution is 2.23. The molecule has 0 bridgehead atoms. The summed E-state index contributed by atoms with van der Waals surface area (Å²) in [7, 11) is 0. The minimum atomic E-state index is 0.777. The summed E-state index contributed by atoms with van der Waals surface area (Å²) in [5.41, 5.74) is 2.58. The molecule has 0 radical (unpaired) electrons. The number of rotatable bonds is 2. The van der Waals surface area contributed by atoms with E-state index in [1.165, 1.54) is 11.1 Å². The first-order chi connectivity index (χ1) is 6.09. The summed E-state index contributed by atoms with van der Waals surface area (Å²) in [5, 5.41) is 0.777. The Labute approximate surface area is 92.7 Å². The van der Waals surface area contributed by atoms with Crippen LogP contribution in [0.3, 0.4) is 0 Å². The first-order valence-corrected chi connectivity index (χ1v) is 5.34. The molecule has 1 aromatic rings. The lowest BCUT2D eigenvalue weighted by Crippen LogP contribution is -1.82. The van der Waals surface area contributed by atoms with Gasteiger partial charge in [0.05, 0.1) is 5.02 Å². The molecule has 0 aliphatic rings. The zero-order chi connectivity index (χ0) is 9.84. The Balaban J connectivity index is 2.80. The maximum absolute atomic E-state index is 5.96. The van der Waals surface area contributed by atoms with Crippen molar-refractivity contribution in [1.82, 2.24) is 0 Å². The smallest absolute Gasteiger partial charge is 0.0550 e. The summed E-state index contributed by atoms with van der Waals surface area (Å²) in [6.45, 7) is 4.20. The summed E-state index contributed by atoms with van der Waals surface area (Å²) in [6, 6.07) is 6.05. The van der Waals surface area contributed by atoms with Gasteiger partial charge < -0.3 is 0 Å². The van der Waals surface area contributed by atoms with Crippen molar-refractivity contribution in [2.24, 2.45) is 0 Å². The molecule has 0 aliphatic carbocycles. The Morgan fingerprint density at radius 3 is 2.69 bits per heavy atom. The van der Waals surface area contributed by atoms with Gasteiger partial charge in [-0.1, -0.05) is 29.3 Å². The highest BCUT2D eigenvalue weighted by molar-refractivity contribution is 9.10. The van der Waals surface area contributed by atoms with Gasteiger partial charge in [-0.25, -0.2) is 0 Å². The van der Waals surface area contributed by atoms with E-state index in [4.69, 9.17) is 11.6 Å². The normalized spacial score (nSPS) is 9.85. The summed E-state index contributed by atoms with van der Waals surface area (Å²) in [4.78, 5) is 0. The molecule has 1 aromatic carbocycles. The Hall–Kier alpha value is -0.270. The van der Waals surface area contributed by atoms with Crippen molar-refractivity contribution < 1.29 is 0 Å². The van der Waals surface area contributed by atoms with Crippen LogP contribution in [0.25, 0.3) is 0 Å². The van der Waals surface area contributed by atoms with E-state index in [9.17, 15) is 0 Å². The predicted octanol–water partition coefficient (Wildman–Crippen LogP) is 4.61. The van der Waals surface area contributed by atoms with Gasteiger partial charge in [0, 0.05) is 4.47 Å². The van der Waals surface area contributed by atoms with Crippen molar-refractivity contribution in [3.8, 4) is 0 Å². The molecule has 0 N–H and O–H groups in total. The zero-order valence-electron chi connectivity index (χ0n) is 7.77. The van der Waals surface area contributed by atoms with Gasteiger partial charge in [0.25, 0.3) is 0 Å². The summed E-state index contributed by atoms with van der Waals surface area (Å²) in [6.07, 6.45) is 3.15. The fourth-order valence-corrected chi connectivity index (χ4v) is 1.44. The van der Waals surface area contributed by atoms with E-state index in [1.807, 2.05) is 12.1 Å². The molecule has 0 saturated heterocycles. The molecule has 0 saturated carbocycles. The van der Waals surface area contributed by atoms with Crippen molar-refractivity contribution >= 4 is 27.5 Å². The number of hydrogen-bond donors (Lipinski definition) is 0. The van der Waals surface area contributed by atoms with Crippen LogP contribution in [0.15, 0.2) is 34.3 Å². The number of allylic oxidation sites excluding steroid dienone is 2. The molecule has 70 valence electrons. The third-order valence-corrected chi connectivity index (χ3v) is 2.96. The van der Waals surface area contributed by atoms with Crippen molar-refractivity contribution in [3.05, 3.63) is 44.9 Å². The van der Waals surface area contributed by atoms with E-state index < -0.39 is 0 Å². The van der Waals surface area contributed by atoms with Gasteiger partial charge >= 0.3 is 0 Å². The summed E-state index contributed by atoms with van der Waals surface area (Å²) < 4.78 is 0.954. The van der Waals surface area contributed by atoms with E-state index in [2.05, 4.69) is 41.9 Å². The predicted molar refractivity (Wildman–Crippen MR) is 62.3 cm³/mol. The molecule has 0 amide bonds. The minimum Gasteiger partial charge on any atom is -0.0831 e. The van der Waals surface area contributed by atoms with Gasteiger partial charge in [0.2, 0.25) is 0 Å². The number of halogens is 2. The van der Waals surface area contributed by atoms with Gasteiger partial charge in [0.15, 0.2) is 0 Å². The quantitative estimate of drug-likeness (QED) is 0.680. The van der Waals surface area contributed by atoms with Crippen molar-refractivity contribution in [1.29, 1.82) is 0 Å². The monoisotopic (exact) mass is 258 g/mol. The Kier molecular flexibility index (Phi) is 4.01. The Bertz CT molecular complexity index is 325. The van der Waals surface area contributed by atoms with Crippen molar-refractivity contribution in [2.75, 3.05) is 0 Å². The van der Waals surface area contributed by atoms with Crippen molar-refractivity contribution in [3.63, 3.8) is 0 Å². The van der Waals surface area contributed by atoms with E-state index in [0.29, 0.717) is 0 Å². The summed E-state index contributed by atoms with van der Waals surface area (Å²) >= 11 is 9.32. The van der Waals surface area contributed by atoms with Gasteiger partial charge in [-0.15, -0.1) is 0 Å². The third-order valence-electron chi connectivity index (χ3n) is 1.73. The summed E-state index contributed by atoms with van der Waals surface area (Å²) in [5.74, 6) is 0. The maximum atomic E-state index is 5.96. The number of benzene rings is 1. The lowest BCUT2D eigenvalue weighted by molar-refractivity contribution is 1.21. The SMILES string of the molecule is CC(C)=CCc1ccc(Br)c(Cl)c1. The molecule has 2 heteroatoms. The molecule has 0 heterocycles. The average molecular weight is 260 g/mol. The van der Waals surface area contributed by atoms with Crippen LogP contribution in [0.1, 0.15) is 19.4 Å². The highest BCUT2D eigenvalue weighted by Gasteiger charge is 1.97. The molecule has 0 unspecified atom stereocenters. The third kappa shape index (κ3) is 3.53. The van der Waals surface area contributed by atoms with Crippen molar-refractivity contribution in [2.45, 2.75) is 20.3 Å². The van der Waals surface area contributed by atoms with Crippen LogP contribution in [0, 0.1) is 0 Å². The molecule has 1 rings (SSSR count). The van der Waals surface area contributed by atoms with Gasteiger partial charge in [-0.05, 0) is 53.9 Å². The van der Waals surface area contributed by atoms with E-state index in [0.717, 1.165) is 15.9 Å². The average Bonchev–Trinajstić information content (AvgIpc) is 2.07. The molecule has 0 spiro atoms. The second-order valence-electron chi connectivity index (χ2n) is 3.23. The number of hydrogen-bond acceptors (Lipinski definition) is 0. The maximum Gasteiger partial charge on any atom is 0.0550 e. The van der Waals surface area contributed by atoms with Crippen LogP contribution in [-0.2, 0) is 6.42 Å². The largest absolute Gasteiger partial charge is 0.0831 e. The molecule has 0 aliphatic heterocycles. The second kappa shape index (κ2) is 4.83. The molecule has 13 heavy (non-hydrogen) atoms. The fraction of sp³-hybridized carbons (Fsp3) is 0.273. The lowest BCUT2D eigenvalue weighted by atomic mass is 10.1. The second-order valence-corrected chi connectivity index (χ2v) is 4.50. The Morgan fingerprint density at radius 2 is 2.15 bits per heavy atom. The molecule has 0 atom stereocenters. The van der Waals surface area contributed by atoms with E-state index in [-0.39, 0.29) is 0 Å². The lowest BCUT2D eigenvalue weighted by Gasteiger charge is -2.00. The Morgan fingerprint density at radius 1 is 1.46 bits per heavy atom. The first-order valence-electron chi connectivity index (χ1n) is 4.17. The molecule has 0 nitrogen and oxygen atoms in total. The molecular weight excluding hydrogens is 247 g/mol. The molecule has 0 aromatic heterocycles.